The fraction of sp³-hybridized carbons (Fsp3) is 0.409. The van der Waals surface area contributed by atoms with Gasteiger partial charge in [0, 0.05) is 26.2 Å². The third-order valence-corrected chi connectivity index (χ3v) is 7.79. The molecule has 1 fully saturated rings. The van der Waals surface area contributed by atoms with Gasteiger partial charge >= 0.3 is 0 Å². The third kappa shape index (κ3) is 3.89. The van der Waals surface area contributed by atoms with E-state index < -0.39 is 10.0 Å². The minimum Gasteiger partial charge on any atom is -0.492 e. The van der Waals surface area contributed by atoms with E-state index in [1.807, 2.05) is 50.2 Å². The number of nitrogens with zero attached hydrogens (tertiary/aromatic N) is 2. The second-order valence-corrected chi connectivity index (χ2v) is 9.72. The molecule has 2 aliphatic heterocycles. The molecule has 2 aromatic carbocycles. The van der Waals surface area contributed by atoms with Crippen LogP contribution >= 0.6 is 0 Å². The molecule has 0 bridgehead atoms. The van der Waals surface area contributed by atoms with Crippen molar-refractivity contribution in [2.75, 3.05) is 32.8 Å². The van der Waals surface area contributed by atoms with Crippen LogP contribution in [0.3, 0.4) is 0 Å². The predicted octanol–water partition coefficient (Wildman–Crippen LogP) is 2.39. The molecule has 0 saturated carbocycles. The summed E-state index contributed by atoms with van der Waals surface area (Å²) in [5, 5.41) is 0. The van der Waals surface area contributed by atoms with Crippen LogP contribution in [0, 0.1) is 19.8 Å². The fourth-order valence-electron chi connectivity index (χ4n) is 4.12. The topological polar surface area (TPSA) is 66.9 Å². The first-order valence-electron chi connectivity index (χ1n) is 9.93. The Balaban J connectivity index is 1.41. The summed E-state index contributed by atoms with van der Waals surface area (Å²) < 4.78 is 33.3. The molecule has 0 spiro atoms. The number of benzene rings is 2. The number of hydrogen-bond acceptors (Lipinski definition) is 4. The van der Waals surface area contributed by atoms with Gasteiger partial charge in [-0.1, -0.05) is 35.9 Å². The Kier molecular flexibility index (Phi) is 5.36. The van der Waals surface area contributed by atoms with Gasteiger partial charge in [0.15, 0.2) is 0 Å². The lowest BCUT2D eigenvalue weighted by atomic mass is 9.95. The van der Waals surface area contributed by atoms with Gasteiger partial charge in [0.05, 0.1) is 10.8 Å². The number of carbonyl (C=O) groups is 1. The molecule has 29 heavy (non-hydrogen) atoms. The Morgan fingerprint density at radius 1 is 1.03 bits per heavy atom. The lowest BCUT2D eigenvalue weighted by Crippen LogP contribution is -2.53. The van der Waals surface area contributed by atoms with E-state index in [4.69, 9.17) is 4.74 Å². The van der Waals surface area contributed by atoms with Crippen molar-refractivity contribution < 1.29 is 17.9 Å². The van der Waals surface area contributed by atoms with Crippen molar-refractivity contribution in [3.8, 4) is 5.75 Å². The maximum absolute atomic E-state index is 13.0. The summed E-state index contributed by atoms with van der Waals surface area (Å²) in [6, 6.07) is 13.2. The number of hydrogen-bond donors (Lipinski definition) is 0. The van der Waals surface area contributed by atoms with Crippen LogP contribution in [0.5, 0.6) is 5.75 Å². The summed E-state index contributed by atoms with van der Waals surface area (Å²) in [6.07, 6.45) is 0.663. The molecule has 1 saturated heterocycles. The van der Waals surface area contributed by atoms with Crippen LogP contribution in [-0.4, -0.2) is 56.3 Å². The van der Waals surface area contributed by atoms with Gasteiger partial charge in [-0.05, 0) is 43.5 Å². The third-order valence-electron chi connectivity index (χ3n) is 5.73. The lowest BCUT2D eigenvalue weighted by molar-refractivity contribution is -0.138. The monoisotopic (exact) mass is 414 g/mol. The molecular weight excluding hydrogens is 388 g/mol. The number of amides is 1. The van der Waals surface area contributed by atoms with E-state index in [1.54, 1.807) is 11.0 Å². The van der Waals surface area contributed by atoms with Gasteiger partial charge in [-0.25, -0.2) is 8.42 Å². The molecule has 0 aromatic heterocycles. The van der Waals surface area contributed by atoms with Gasteiger partial charge in [-0.2, -0.15) is 4.31 Å². The number of piperazine rings is 1. The molecule has 0 aliphatic carbocycles. The zero-order chi connectivity index (χ0) is 20.6. The molecular formula is C22H26N2O4S. The van der Waals surface area contributed by atoms with Gasteiger partial charge in [0.25, 0.3) is 0 Å². The summed E-state index contributed by atoms with van der Waals surface area (Å²) >= 11 is 0. The summed E-state index contributed by atoms with van der Waals surface area (Å²) in [4.78, 5) is 15.1. The van der Waals surface area contributed by atoms with Crippen molar-refractivity contribution in [1.29, 1.82) is 0 Å². The Hall–Kier alpha value is -2.38. The summed E-state index contributed by atoms with van der Waals surface area (Å²) in [5.74, 6) is 0.677. The van der Waals surface area contributed by atoms with Crippen LogP contribution in [-0.2, 0) is 21.2 Å². The molecule has 7 heteroatoms. The molecule has 1 amide bonds. The number of carbonyl (C=O) groups excluding carboxylic acids is 1. The van der Waals surface area contributed by atoms with Gasteiger partial charge in [0.1, 0.15) is 12.4 Å². The molecule has 154 valence electrons. The molecule has 0 N–H and O–H groups in total. The number of sulfonamides is 1. The largest absolute Gasteiger partial charge is 0.492 e. The first-order valence-corrected chi connectivity index (χ1v) is 11.4. The van der Waals surface area contributed by atoms with Crippen LogP contribution in [0.2, 0.25) is 0 Å². The zero-order valence-electron chi connectivity index (χ0n) is 16.8. The maximum Gasteiger partial charge on any atom is 0.243 e. The fourth-order valence-corrected chi connectivity index (χ4v) is 5.75. The van der Waals surface area contributed by atoms with Gasteiger partial charge in [-0.15, -0.1) is 0 Å². The smallest absolute Gasteiger partial charge is 0.243 e. The first-order chi connectivity index (χ1) is 13.9. The average Bonchev–Trinajstić information content (AvgIpc) is 2.72. The zero-order valence-corrected chi connectivity index (χ0v) is 17.6. The summed E-state index contributed by atoms with van der Waals surface area (Å²) in [7, 11) is -3.55. The quantitative estimate of drug-likeness (QED) is 0.774. The maximum atomic E-state index is 13.0. The predicted molar refractivity (Wildman–Crippen MR) is 110 cm³/mol. The van der Waals surface area contributed by atoms with E-state index in [1.165, 1.54) is 4.31 Å². The number of para-hydroxylation sites is 1. The molecule has 0 unspecified atom stereocenters. The van der Waals surface area contributed by atoms with Crippen LogP contribution in [0.15, 0.2) is 47.4 Å². The summed E-state index contributed by atoms with van der Waals surface area (Å²) in [5.41, 5.74) is 2.84. The van der Waals surface area contributed by atoms with E-state index in [0.717, 1.165) is 22.4 Å². The van der Waals surface area contributed by atoms with Crippen molar-refractivity contribution in [1.82, 2.24) is 9.21 Å². The number of ether oxygens (including phenoxy) is 1. The van der Waals surface area contributed by atoms with Crippen LogP contribution < -0.4 is 4.74 Å². The minimum atomic E-state index is -3.55. The van der Waals surface area contributed by atoms with Gasteiger partial charge in [-0.3, -0.25) is 4.79 Å². The molecule has 0 radical (unpaired) electrons. The van der Waals surface area contributed by atoms with Crippen LogP contribution in [0.4, 0.5) is 0 Å². The highest BCUT2D eigenvalue weighted by Gasteiger charge is 2.34. The number of rotatable bonds is 3. The van der Waals surface area contributed by atoms with Crippen molar-refractivity contribution in [2.45, 2.75) is 25.2 Å². The van der Waals surface area contributed by atoms with Crippen molar-refractivity contribution in [3.05, 3.63) is 59.2 Å². The highest BCUT2D eigenvalue weighted by atomic mass is 32.2. The Morgan fingerprint density at radius 3 is 2.48 bits per heavy atom. The average molecular weight is 415 g/mol. The van der Waals surface area contributed by atoms with Gasteiger partial charge < -0.3 is 9.64 Å². The Bertz CT molecular complexity index is 1030. The summed E-state index contributed by atoms with van der Waals surface area (Å²) in [6.45, 7) is 5.57. The molecule has 1 atom stereocenters. The Morgan fingerprint density at radius 2 is 1.76 bits per heavy atom. The van der Waals surface area contributed by atoms with Crippen LogP contribution in [0.1, 0.15) is 16.7 Å². The van der Waals surface area contributed by atoms with Crippen molar-refractivity contribution >= 4 is 15.9 Å². The van der Waals surface area contributed by atoms with E-state index in [0.29, 0.717) is 44.1 Å². The second-order valence-electron chi connectivity index (χ2n) is 7.82. The Labute approximate surface area is 172 Å². The molecule has 4 rings (SSSR count). The van der Waals surface area contributed by atoms with Gasteiger partial charge in [0.2, 0.25) is 15.9 Å². The van der Waals surface area contributed by atoms with E-state index >= 15 is 0 Å². The number of fused-ring (bicyclic) bond motifs is 1. The van der Waals surface area contributed by atoms with E-state index in [2.05, 4.69) is 0 Å². The van der Waals surface area contributed by atoms with E-state index in [-0.39, 0.29) is 11.8 Å². The normalized spacial score (nSPS) is 20.1. The minimum absolute atomic E-state index is 0.0445. The highest BCUT2D eigenvalue weighted by Crippen LogP contribution is 2.28. The molecule has 2 aliphatic rings. The highest BCUT2D eigenvalue weighted by molar-refractivity contribution is 7.89. The molecule has 2 heterocycles. The van der Waals surface area contributed by atoms with Crippen LogP contribution in [0.25, 0.3) is 0 Å². The molecule has 6 nitrogen and oxygen atoms in total. The lowest BCUT2D eigenvalue weighted by Gasteiger charge is -2.36. The van der Waals surface area contributed by atoms with E-state index in [9.17, 15) is 13.2 Å². The van der Waals surface area contributed by atoms with Crippen molar-refractivity contribution in [3.63, 3.8) is 0 Å². The SMILES string of the molecule is Cc1ccc(S(=O)(=O)N2CCN(C(=O)[C@H]3COc4ccccc4C3)CC2)c(C)c1. The number of aryl methyl sites for hydroxylation is 2. The standard InChI is InChI=1S/C22H26N2O4S/c1-16-7-8-21(17(2)13-16)29(26,27)24-11-9-23(10-12-24)22(25)19-14-18-5-3-4-6-20(18)28-15-19/h3-8,13,19H,9-12,14-15H2,1-2H3/t19-/m1/s1. The van der Waals surface area contributed by atoms with Crippen molar-refractivity contribution in [2.24, 2.45) is 5.92 Å². The molecule has 2 aromatic rings. The first kappa shape index (κ1) is 19.9. The second kappa shape index (κ2) is 7.80.